The Labute approximate surface area is 169 Å². The van der Waals surface area contributed by atoms with E-state index in [1.165, 1.54) is 0 Å². The van der Waals surface area contributed by atoms with Gasteiger partial charge in [-0.1, -0.05) is 13.0 Å². The summed E-state index contributed by atoms with van der Waals surface area (Å²) in [6.07, 6.45) is 5.14. The van der Waals surface area contributed by atoms with Gasteiger partial charge in [-0.05, 0) is 36.4 Å². The SMILES string of the molecule is CCN1CCN(C(=O)c2nc(C(=O)NCc3ccncc3)c3ccccn23)CC1. The lowest BCUT2D eigenvalue weighted by atomic mass is 10.2. The summed E-state index contributed by atoms with van der Waals surface area (Å²) >= 11 is 0. The molecular weight excluding hydrogens is 368 g/mol. The Bertz CT molecular complexity index is 1010. The lowest BCUT2D eigenvalue weighted by molar-refractivity contribution is 0.0630. The largest absolute Gasteiger partial charge is 0.347 e. The molecule has 0 radical (unpaired) electrons. The summed E-state index contributed by atoms with van der Waals surface area (Å²) in [5.74, 6) is -0.171. The van der Waals surface area contributed by atoms with Gasteiger partial charge in [0.05, 0.1) is 5.52 Å². The van der Waals surface area contributed by atoms with E-state index in [9.17, 15) is 9.59 Å². The van der Waals surface area contributed by atoms with Crippen LogP contribution >= 0.6 is 0 Å². The zero-order valence-corrected chi connectivity index (χ0v) is 16.4. The maximum absolute atomic E-state index is 13.1. The Balaban J connectivity index is 1.56. The number of nitrogens with zero attached hydrogens (tertiary/aromatic N) is 5. The molecule has 4 heterocycles. The molecule has 0 bridgehead atoms. The number of pyridine rings is 2. The molecule has 0 aromatic carbocycles. The maximum Gasteiger partial charge on any atom is 0.290 e. The van der Waals surface area contributed by atoms with Crippen molar-refractivity contribution in [1.29, 1.82) is 0 Å². The van der Waals surface area contributed by atoms with Gasteiger partial charge in [-0.25, -0.2) is 4.98 Å². The molecule has 4 rings (SSSR count). The zero-order chi connectivity index (χ0) is 20.2. The third kappa shape index (κ3) is 3.97. The van der Waals surface area contributed by atoms with E-state index >= 15 is 0 Å². The number of nitrogens with one attached hydrogen (secondary N) is 1. The smallest absolute Gasteiger partial charge is 0.290 e. The lowest BCUT2D eigenvalue weighted by Gasteiger charge is -2.33. The molecule has 29 heavy (non-hydrogen) atoms. The Hall–Kier alpha value is -3.26. The highest BCUT2D eigenvalue weighted by atomic mass is 16.2. The summed E-state index contributed by atoms with van der Waals surface area (Å²) in [4.78, 5) is 38.4. The van der Waals surface area contributed by atoms with Gasteiger partial charge in [-0.3, -0.25) is 19.0 Å². The quantitative estimate of drug-likeness (QED) is 0.710. The van der Waals surface area contributed by atoms with E-state index in [4.69, 9.17) is 0 Å². The molecule has 0 aliphatic carbocycles. The molecule has 150 valence electrons. The summed E-state index contributed by atoms with van der Waals surface area (Å²) in [5, 5.41) is 2.88. The molecule has 0 unspecified atom stereocenters. The van der Waals surface area contributed by atoms with Crippen molar-refractivity contribution in [3.8, 4) is 0 Å². The van der Waals surface area contributed by atoms with Gasteiger partial charge < -0.3 is 15.1 Å². The van der Waals surface area contributed by atoms with E-state index in [2.05, 4.69) is 27.1 Å². The lowest BCUT2D eigenvalue weighted by Crippen LogP contribution is -2.48. The maximum atomic E-state index is 13.1. The third-order valence-corrected chi connectivity index (χ3v) is 5.26. The van der Waals surface area contributed by atoms with Gasteiger partial charge in [-0.15, -0.1) is 0 Å². The van der Waals surface area contributed by atoms with Gasteiger partial charge in [-0.2, -0.15) is 0 Å². The molecule has 1 aliphatic rings. The van der Waals surface area contributed by atoms with Crippen molar-refractivity contribution in [3.05, 3.63) is 66.0 Å². The minimum absolute atomic E-state index is 0.143. The van der Waals surface area contributed by atoms with Gasteiger partial charge in [0.2, 0.25) is 5.82 Å². The molecule has 0 spiro atoms. The molecule has 1 saturated heterocycles. The summed E-state index contributed by atoms with van der Waals surface area (Å²) in [6.45, 7) is 6.51. The normalized spacial score (nSPS) is 14.9. The fourth-order valence-corrected chi connectivity index (χ4v) is 3.53. The highest BCUT2D eigenvalue weighted by Crippen LogP contribution is 2.16. The molecule has 1 N–H and O–H groups in total. The number of carbonyl (C=O) groups excluding carboxylic acids is 2. The van der Waals surface area contributed by atoms with Crippen LogP contribution in [0.4, 0.5) is 0 Å². The van der Waals surface area contributed by atoms with Crippen LogP contribution in [-0.4, -0.2) is 68.7 Å². The van der Waals surface area contributed by atoms with Crippen molar-refractivity contribution < 1.29 is 9.59 Å². The number of aromatic nitrogens is 3. The number of fused-ring (bicyclic) bond motifs is 1. The Morgan fingerprint density at radius 2 is 1.83 bits per heavy atom. The molecule has 0 atom stereocenters. The first-order chi connectivity index (χ1) is 14.2. The number of imidazole rings is 1. The first-order valence-corrected chi connectivity index (χ1v) is 9.83. The fraction of sp³-hybridized carbons (Fsp3) is 0.333. The summed E-state index contributed by atoms with van der Waals surface area (Å²) in [5.41, 5.74) is 1.83. The van der Waals surface area contributed by atoms with Crippen LogP contribution in [0.1, 0.15) is 33.6 Å². The van der Waals surface area contributed by atoms with Crippen molar-refractivity contribution in [2.75, 3.05) is 32.7 Å². The topological polar surface area (TPSA) is 82.8 Å². The zero-order valence-electron chi connectivity index (χ0n) is 16.4. The Kier molecular flexibility index (Phi) is 5.53. The van der Waals surface area contributed by atoms with Crippen LogP contribution in [0.5, 0.6) is 0 Å². The number of carbonyl (C=O) groups is 2. The second-order valence-corrected chi connectivity index (χ2v) is 7.00. The number of hydrogen-bond acceptors (Lipinski definition) is 5. The first-order valence-electron chi connectivity index (χ1n) is 9.83. The molecule has 1 aliphatic heterocycles. The molecule has 8 heteroatoms. The Morgan fingerprint density at radius 3 is 2.55 bits per heavy atom. The van der Waals surface area contributed by atoms with Gasteiger partial charge >= 0.3 is 0 Å². The fourth-order valence-electron chi connectivity index (χ4n) is 3.53. The molecule has 8 nitrogen and oxygen atoms in total. The van der Waals surface area contributed by atoms with Gasteiger partial charge in [0.25, 0.3) is 11.8 Å². The van der Waals surface area contributed by atoms with E-state index in [1.807, 2.05) is 29.2 Å². The van der Waals surface area contributed by atoms with Gasteiger partial charge in [0.15, 0.2) is 5.69 Å². The molecular formula is C21H24N6O2. The van der Waals surface area contributed by atoms with Crippen molar-refractivity contribution >= 4 is 17.3 Å². The summed E-state index contributed by atoms with van der Waals surface area (Å²) < 4.78 is 1.70. The standard InChI is InChI=1S/C21H24N6O2/c1-2-25-11-13-26(14-12-25)21(29)19-24-18(17-5-3-4-10-27(17)19)20(28)23-15-16-6-8-22-9-7-16/h3-10H,2,11-15H2,1H3,(H,23,28). The minimum atomic E-state index is -0.305. The van der Waals surface area contributed by atoms with E-state index in [0.717, 1.165) is 25.2 Å². The minimum Gasteiger partial charge on any atom is -0.347 e. The highest BCUT2D eigenvalue weighted by molar-refractivity contribution is 6.02. The average molecular weight is 392 g/mol. The van der Waals surface area contributed by atoms with Crippen molar-refractivity contribution in [2.45, 2.75) is 13.5 Å². The van der Waals surface area contributed by atoms with Crippen LogP contribution < -0.4 is 5.32 Å². The second-order valence-electron chi connectivity index (χ2n) is 7.00. The molecule has 3 aromatic heterocycles. The monoisotopic (exact) mass is 392 g/mol. The van der Waals surface area contributed by atoms with Crippen molar-refractivity contribution in [3.63, 3.8) is 0 Å². The van der Waals surface area contributed by atoms with Crippen LogP contribution in [-0.2, 0) is 6.54 Å². The van der Waals surface area contributed by atoms with Crippen molar-refractivity contribution in [1.82, 2.24) is 29.5 Å². The number of amides is 2. The first kappa shape index (κ1) is 19.1. The van der Waals surface area contributed by atoms with E-state index in [-0.39, 0.29) is 23.3 Å². The van der Waals surface area contributed by atoms with Crippen LogP contribution in [0.3, 0.4) is 0 Å². The number of rotatable bonds is 5. The highest BCUT2D eigenvalue weighted by Gasteiger charge is 2.27. The van der Waals surface area contributed by atoms with Crippen LogP contribution in [0.25, 0.3) is 5.52 Å². The molecule has 2 amide bonds. The van der Waals surface area contributed by atoms with Crippen molar-refractivity contribution in [2.24, 2.45) is 0 Å². The van der Waals surface area contributed by atoms with E-state index in [0.29, 0.717) is 25.2 Å². The van der Waals surface area contributed by atoms with Crippen LogP contribution in [0.2, 0.25) is 0 Å². The predicted molar refractivity (Wildman–Crippen MR) is 109 cm³/mol. The van der Waals surface area contributed by atoms with Crippen LogP contribution in [0.15, 0.2) is 48.9 Å². The summed E-state index contributed by atoms with van der Waals surface area (Å²) in [6, 6.07) is 9.16. The molecule has 0 saturated carbocycles. The molecule has 1 fully saturated rings. The van der Waals surface area contributed by atoms with Gasteiger partial charge in [0.1, 0.15) is 0 Å². The van der Waals surface area contributed by atoms with E-state index < -0.39 is 0 Å². The number of likely N-dealkylation sites (N-methyl/N-ethyl adjacent to an activating group) is 1. The number of hydrogen-bond donors (Lipinski definition) is 1. The van der Waals surface area contributed by atoms with Gasteiger partial charge in [0, 0.05) is 51.3 Å². The summed E-state index contributed by atoms with van der Waals surface area (Å²) in [7, 11) is 0. The number of piperazine rings is 1. The van der Waals surface area contributed by atoms with E-state index in [1.54, 1.807) is 29.1 Å². The average Bonchev–Trinajstić information content (AvgIpc) is 3.17. The molecule has 3 aromatic rings. The second kappa shape index (κ2) is 8.40. The third-order valence-electron chi connectivity index (χ3n) is 5.26. The Morgan fingerprint density at radius 1 is 1.07 bits per heavy atom. The predicted octanol–water partition coefficient (Wildman–Crippen LogP) is 1.44. The van der Waals surface area contributed by atoms with Crippen LogP contribution in [0, 0.1) is 0 Å².